The molecule has 1 unspecified atom stereocenters. The molecule has 0 bridgehead atoms. The number of likely N-dealkylation sites (tertiary alicyclic amines) is 1. The molecule has 4 rings (SSSR count). The third kappa shape index (κ3) is 6.30. The molecule has 0 aliphatic carbocycles. The first-order chi connectivity index (χ1) is 19.7. The number of piperidine rings is 1. The van der Waals surface area contributed by atoms with Gasteiger partial charge >= 0.3 is 0 Å². The number of hydrogen-bond acceptors (Lipinski definition) is 3. The predicted molar refractivity (Wildman–Crippen MR) is 181 cm³/mol. The monoisotopic (exact) mass is 549 g/mol. The van der Waals surface area contributed by atoms with Crippen LogP contribution in [0.3, 0.4) is 0 Å². The standard InChI is InChI=1S/C38H51N3/c1-10-15-33-29(8)27(6)18-20-34(33)38(40(9)37-30(12-3)16-14-17-31(37)13-4)35-25-41(23-22-28(35)7)36-21-19-32(24-39-36)26(5)11-2/h10,14-18,20,24,26H,7,11-13,19,21-23,25H2,1-6,8-9H3/b15-10-,38-35-. The molecule has 0 spiro atoms. The van der Waals surface area contributed by atoms with Crippen LogP contribution in [0.25, 0.3) is 11.8 Å². The van der Waals surface area contributed by atoms with Crippen LogP contribution in [-0.2, 0) is 12.8 Å². The van der Waals surface area contributed by atoms with Gasteiger partial charge in [0.25, 0.3) is 0 Å². The molecule has 1 fully saturated rings. The van der Waals surface area contributed by atoms with Crippen molar-refractivity contribution in [2.45, 2.75) is 87.0 Å². The van der Waals surface area contributed by atoms with E-state index in [1.165, 1.54) is 73.7 Å². The van der Waals surface area contributed by atoms with Gasteiger partial charge in [-0.3, -0.25) is 0 Å². The average molecular weight is 550 g/mol. The molecule has 218 valence electrons. The Hall–Kier alpha value is -3.33. The van der Waals surface area contributed by atoms with Crippen LogP contribution in [0, 0.1) is 19.8 Å². The van der Waals surface area contributed by atoms with Crippen LogP contribution >= 0.6 is 0 Å². The third-order valence-electron chi connectivity index (χ3n) is 9.38. The number of amidine groups is 1. The Morgan fingerprint density at radius 3 is 2.34 bits per heavy atom. The average Bonchev–Trinajstić information content (AvgIpc) is 3.00. The molecule has 1 atom stereocenters. The number of rotatable bonds is 8. The number of hydrogen-bond donors (Lipinski definition) is 0. The van der Waals surface area contributed by atoms with Gasteiger partial charge in [0.1, 0.15) is 5.84 Å². The van der Waals surface area contributed by atoms with Crippen molar-refractivity contribution < 1.29 is 0 Å². The van der Waals surface area contributed by atoms with Crippen molar-refractivity contribution in [3.63, 3.8) is 0 Å². The summed E-state index contributed by atoms with van der Waals surface area (Å²) in [4.78, 5) is 10.0. The highest BCUT2D eigenvalue weighted by Crippen LogP contribution is 2.40. The largest absolute Gasteiger partial charge is 0.355 e. The fourth-order valence-electron chi connectivity index (χ4n) is 6.41. The molecular formula is C38H51N3. The van der Waals surface area contributed by atoms with Crippen LogP contribution in [0.5, 0.6) is 0 Å². The Morgan fingerprint density at radius 1 is 1.05 bits per heavy atom. The molecule has 2 aliphatic rings. The summed E-state index contributed by atoms with van der Waals surface area (Å²) in [5, 5.41) is 0. The van der Waals surface area contributed by atoms with Crippen LogP contribution in [0.2, 0.25) is 0 Å². The summed E-state index contributed by atoms with van der Waals surface area (Å²) in [5.74, 6) is 1.83. The fraction of sp³-hybridized carbons (Fsp3) is 0.447. The number of para-hydroxylation sites is 1. The number of allylic oxidation sites excluding steroid dienone is 2. The minimum Gasteiger partial charge on any atom is -0.355 e. The van der Waals surface area contributed by atoms with E-state index in [0.717, 1.165) is 45.2 Å². The number of benzene rings is 2. The first kappa shape index (κ1) is 30.6. The number of aliphatic imine (C=N–C) groups is 1. The number of anilines is 1. The molecule has 2 aromatic carbocycles. The Kier molecular flexibility index (Phi) is 10.1. The van der Waals surface area contributed by atoms with E-state index in [2.05, 4.69) is 121 Å². The van der Waals surface area contributed by atoms with Gasteiger partial charge in [-0.1, -0.05) is 76.8 Å². The molecule has 1 saturated heterocycles. The molecule has 0 N–H and O–H groups in total. The second-order valence-corrected chi connectivity index (χ2v) is 11.8. The SMILES string of the molecule is C=C1CCN(C2=NC=C(C(C)CC)CC2)C/C1=C(\c1ccc(C)c(C)c1/C=C\C)N(C)c1c(CC)cccc1CC. The van der Waals surface area contributed by atoms with Gasteiger partial charge in [0.15, 0.2) is 0 Å². The van der Waals surface area contributed by atoms with Crippen molar-refractivity contribution in [1.29, 1.82) is 0 Å². The lowest BCUT2D eigenvalue weighted by Crippen LogP contribution is -2.39. The zero-order valence-corrected chi connectivity index (χ0v) is 26.9. The van der Waals surface area contributed by atoms with Crippen molar-refractivity contribution in [2.75, 3.05) is 25.0 Å². The predicted octanol–water partition coefficient (Wildman–Crippen LogP) is 9.69. The van der Waals surface area contributed by atoms with Gasteiger partial charge in [-0.05, 0) is 103 Å². The van der Waals surface area contributed by atoms with E-state index in [0.29, 0.717) is 5.92 Å². The van der Waals surface area contributed by atoms with E-state index in [1.54, 1.807) is 0 Å². The minimum atomic E-state index is 0.610. The molecule has 0 amide bonds. The quantitative estimate of drug-likeness (QED) is 0.326. The summed E-state index contributed by atoms with van der Waals surface area (Å²) in [5.41, 5.74) is 14.7. The Balaban J connectivity index is 1.93. The maximum Gasteiger partial charge on any atom is 0.105 e. The second-order valence-electron chi connectivity index (χ2n) is 11.8. The van der Waals surface area contributed by atoms with Crippen molar-refractivity contribution in [3.8, 4) is 0 Å². The third-order valence-corrected chi connectivity index (χ3v) is 9.38. The van der Waals surface area contributed by atoms with Crippen molar-refractivity contribution in [3.05, 3.63) is 99.3 Å². The summed E-state index contributed by atoms with van der Waals surface area (Å²) < 4.78 is 0. The van der Waals surface area contributed by atoms with Crippen LogP contribution in [0.15, 0.2) is 70.9 Å². The lowest BCUT2D eigenvalue weighted by atomic mass is 9.88. The molecule has 2 aromatic rings. The molecule has 0 aromatic heterocycles. The van der Waals surface area contributed by atoms with Crippen molar-refractivity contribution in [1.82, 2.24) is 4.90 Å². The topological polar surface area (TPSA) is 18.8 Å². The van der Waals surface area contributed by atoms with Gasteiger partial charge < -0.3 is 9.80 Å². The zero-order valence-electron chi connectivity index (χ0n) is 26.9. The first-order valence-electron chi connectivity index (χ1n) is 15.7. The molecule has 2 aliphatic heterocycles. The van der Waals surface area contributed by atoms with E-state index < -0.39 is 0 Å². The first-order valence-corrected chi connectivity index (χ1v) is 15.7. The van der Waals surface area contributed by atoms with Gasteiger partial charge in [0.05, 0.1) is 5.70 Å². The van der Waals surface area contributed by atoms with Gasteiger partial charge in [-0.25, -0.2) is 4.99 Å². The highest BCUT2D eigenvalue weighted by molar-refractivity contribution is 5.91. The summed E-state index contributed by atoms with van der Waals surface area (Å²) in [6.45, 7) is 22.2. The maximum atomic E-state index is 5.03. The van der Waals surface area contributed by atoms with Crippen molar-refractivity contribution in [2.24, 2.45) is 10.9 Å². The van der Waals surface area contributed by atoms with E-state index in [1.807, 2.05) is 0 Å². The zero-order chi connectivity index (χ0) is 29.7. The number of aryl methyl sites for hydroxylation is 3. The fourth-order valence-corrected chi connectivity index (χ4v) is 6.41. The van der Waals surface area contributed by atoms with Gasteiger partial charge in [-0.15, -0.1) is 0 Å². The Bertz CT molecular complexity index is 1380. The highest BCUT2D eigenvalue weighted by Gasteiger charge is 2.29. The maximum absolute atomic E-state index is 5.03. The van der Waals surface area contributed by atoms with Crippen molar-refractivity contribution >= 4 is 23.3 Å². The summed E-state index contributed by atoms with van der Waals surface area (Å²) in [6.07, 6.45) is 12.9. The van der Waals surface area contributed by atoms with Crippen LogP contribution in [0.4, 0.5) is 5.69 Å². The second kappa shape index (κ2) is 13.6. The summed E-state index contributed by atoms with van der Waals surface area (Å²) >= 11 is 0. The normalized spacial score (nSPS) is 18.0. The lowest BCUT2D eigenvalue weighted by Gasteiger charge is -2.38. The molecule has 3 heteroatoms. The molecule has 0 radical (unpaired) electrons. The van der Waals surface area contributed by atoms with Crippen LogP contribution in [0.1, 0.15) is 93.7 Å². The van der Waals surface area contributed by atoms with E-state index in [-0.39, 0.29) is 0 Å². The molecule has 41 heavy (non-hydrogen) atoms. The summed E-state index contributed by atoms with van der Waals surface area (Å²) in [7, 11) is 2.27. The minimum absolute atomic E-state index is 0.610. The smallest absolute Gasteiger partial charge is 0.105 e. The Morgan fingerprint density at radius 2 is 1.76 bits per heavy atom. The number of nitrogens with zero attached hydrogens (tertiary/aromatic N) is 3. The highest BCUT2D eigenvalue weighted by atomic mass is 15.2. The van der Waals surface area contributed by atoms with E-state index in [9.17, 15) is 0 Å². The summed E-state index contributed by atoms with van der Waals surface area (Å²) in [6, 6.07) is 11.4. The van der Waals surface area contributed by atoms with Gasteiger partial charge in [0, 0.05) is 44.0 Å². The van der Waals surface area contributed by atoms with Gasteiger partial charge in [-0.2, -0.15) is 0 Å². The molecule has 2 heterocycles. The van der Waals surface area contributed by atoms with E-state index in [4.69, 9.17) is 4.99 Å². The van der Waals surface area contributed by atoms with Crippen LogP contribution in [-0.4, -0.2) is 30.9 Å². The molecule has 0 saturated carbocycles. The molecule has 3 nitrogen and oxygen atoms in total. The van der Waals surface area contributed by atoms with E-state index >= 15 is 0 Å². The Labute approximate surface area is 250 Å². The lowest BCUT2D eigenvalue weighted by molar-refractivity contribution is 0.420. The van der Waals surface area contributed by atoms with Crippen LogP contribution < -0.4 is 4.90 Å². The molecular weight excluding hydrogens is 498 g/mol. The van der Waals surface area contributed by atoms with Gasteiger partial charge in [0.2, 0.25) is 0 Å².